The zero-order valence-corrected chi connectivity index (χ0v) is 12.4. The summed E-state index contributed by atoms with van der Waals surface area (Å²) in [5.41, 5.74) is 1.92. The Kier molecular flexibility index (Phi) is 3.25. The van der Waals surface area contributed by atoms with Crippen molar-refractivity contribution in [3.8, 4) is 0 Å². The van der Waals surface area contributed by atoms with Gasteiger partial charge in [0.15, 0.2) is 0 Å². The van der Waals surface area contributed by atoms with Crippen molar-refractivity contribution in [1.29, 1.82) is 0 Å². The molecular weight excluding hydrogens is 234 g/mol. The summed E-state index contributed by atoms with van der Waals surface area (Å²) in [5.74, 6) is 1.77. The molecular formula is C16H25N3. The largest absolute Gasteiger partial charge is 0.356 e. The van der Waals surface area contributed by atoms with E-state index in [0.29, 0.717) is 11.3 Å². The van der Waals surface area contributed by atoms with Crippen LogP contribution in [-0.4, -0.2) is 43.1 Å². The molecule has 3 heteroatoms. The predicted octanol–water partition coefficient (Wildman–Crippen LogP) is 2.74. The Balaban J connectivity index is 1.82. The number of anilines is 1. The molecule has 3 heterocycles. The molecule has 2 saturated heterocycles. The van der Waals surface area contributed by atoms with Crippen LogP contribution in [0, 0.1) is 5.41 Å². The minimum absolute atomic E-state index is 0.528. The number of aromatic nitrogens is 1. The maximum absolute atomic E-state index is 4.67. The molecule has 19 heavy (non-hydrogen) atoms. The monoisotopic (exact) mass is 259 g/mol. The van der Waals surface area contributed by atoms with E-state index >= 15 is 0 Å². The first-order valence-corrected chi connectivity index (χ1v) is 7.48. The molecule has 1 aromatic heterocycles. The predicted molar refractivity (Wildman–Crippen MR) is 79.7 cm³/mol. The maximum atomic E-state index is 4.67. The lowest BCUT2D eigenvalue weighted by Gasteiger charge is -2.26. The van der Waals surface area contributed by atoms with Gasteiger partial charge in [0.1, 0.15) is 5.82 Å². The van der Waals surface area contributed by atoms with E-state index in [1.165, 1.54) is 50.4 Å². The van der Waals surface area contributed by atoms with Gasteiger partial charge in [-0.15, -0.1) is 0 Å². The average Bonchev–Trinajstić information content (AvgIpc) is 2.97. The van der Waals surface area contributed by atoms with Crippen LogP contribution >= 0.6 is 0 Å². The summed E-state index contributed by atoms with van der Waals surface area (Å²) in [6.45, 7) is 9.39. The third-order valence-corrected chi connectivity index (χ3v) is 4.81. The minimum Gasteiger partial charge on any atom is -0.356 e. The second-order valence-corrected chi connectivity index (χ2v) is 6.73. The Hall–Kier alpha value is -1.09. The Bertz CT molecular complexity index is 457. The number of rotatable bonds is 2. The summed E-state index contributed by atoms with van der Waals surface area (Å²) in [5, 5.41) is 0. The SMILES string of the molecule is CC(C)c1cccnc1N1CCC2(CCN(C)C2)C1. The highest BCUT2D eigenvalue weighted by Gasteiger charge is 2.43. The lowest BCUT2D eigenvalue weighted by atomic mass is 9.86. The number of hydrogen-bond donors (Lipinski definition) is 0. The van der Waals surface area contributed by atoms with E-state index in [2.05, 4.69) is 47.8 Å². The van der Waals surface area contributed by atoms with E-state index in [0.717, 1.165) is 0 Å². The van der Waals surface area contributed by atoms with Crippen molar-refractivity contribution in [3.05, 3.63) is 23.9 Å². The van der Waals surface area contributed by atoms with Crippen LogP contribution in [-0.2, 0) is 0 Å². The molecule has 1 aromatic rings. The van der Waals surface area contributed by atoms with Crippen molar-refractivity contribution in [2.24, 2.45) is 5.41 Å². The lowest BCUT2D eigenvalue weighted by Crippen LogP contribution is -2.30. The topological polar surface area (TPSA) is 19.4 Å². The van der Waals surface area contributed by atoms with Gasteiger partial charge in [-0.05, 0) is 44.0 Å². The molecule has 0 N–H and O–H groups in total. The second-order valence-electron chi connectivity index (χ2n) is 6.73. The number of hydrogen-bond acceptors (Lipinski definition) is 3. The first kappa shape index (κ1) is 12.9. The van der Waals surface area contributed by atoms with Crippen LogP contribution in [0.3, 0.4) is 0 Å². The fraction of sp³-hybridized carbons (Fsp3) is 0.688. The van der Waals surface area contributed by atoms with Gasteiger partial charge in [0, 0.05) is 31.2 Å². The number of nitrogens with zero attached hydrogens (tertiary/aromatic N) is 3. The normalized spacial score (nSPS) is 27.9. The van der Waals surface area contributed by atoms with Crippen molar-refractivity contribution in [3.63, 3.8) is 0 Å². The van der Waals surface area contributed by atoms with Crippen molar-refractivity contribution < 1.29 is 0 Å². The summed E-state index contributed by atoms with van der Waals surface area (Å²) in [6.07, 6.45) is 4.61. The zero-order valence-electron chi connectivity index (χ0n) is 12.4. The van der Waals surface area contributed by atoms with Gasteiger partial charge in [0.25, 0.3) is 0 Å². The smallest absolute Gasteiger partial charge is 0.131 e. The summed E-state index contributed by atoms with van der Waals surface area (Å²) < 4.78 is 0. The molecule has 0 aromatic carbocycles. The Morgan fingerprint density at radius 2 is 2.00 bits per heavy atom. The van der Waals surface area contributed by atoms with Crippen LogP contribution in [0.5, 0.6) is 0 Å². The average molecular weight is 259 g/mol. The third-order valence-electron chi connectivity index (χ3n) is 4.81. The summed E-state index contributed by atoms with van der Waals surface area (Å²) in [7, 11) is 2.25. The molecule has 0 radical (unpaired) electrons. The van der Waals surface area contributed by atoms with Gasteiger partial charge >= 0.3 is 0 Å². The van der Waals surface area contributed by atoms with E-state index in [1.807, 2.05) is 6.20 Å². The van der Waals surface area contributed by atoms with Gasteiger partial charge in [-0.25, -0.2) is 4.98 Å². The molecule has 2 aliphatic heterocycles. The quantitative estimate of drug-likeness (QED) is 0.814. The van der Waals surface area contributed by atoms with Crippen LogP contribution in [0.1, 0.15) is 38.2 Å². The van der Waals surface area contributed by atoms with Gasteiger partial charge in [-0.1, -0.05) is 19.9 Å². The van der Waals surface area contributed by atoms with E-state index < -0.39 is 0 Å². The highest BCUT2D eigenvalue weighted by atomic mass is 15.2. The van der Waals surface area contributed by atoms with Crippen molar-refractivity contribution in [2.75, 3.05) is 38.1 Å². The highest BCUT2D eigenvalue weighted by molar-refractivity contribution is 5.49. The summed E-state index contributed by atoms with van der Waals surface area (Å²) in [4.78, 5) is 9.67. The van der Waals surface area contributed by atoms with E-state index in [9.17, 15) is 0 Å². The van der Waals surface area contributed by atoms with Crippen molar-refractivity contribution in [2.45, 2.75) is 32.6 Å². The van der Waals surface area contributed by atoms with Gasteiger partial charge in [-0.3, -0.25) is 0 Å². The van der Waals surface area contributed by atoms with Gasteiger partial charge in [-0.2, -0.15) is 0 Å². The molecule has 104 valence electrons. The van der Waals surface area contributed by atoms with Crippen LogP contribution in [0.2, 0.25) is 0 Å². The van der Waals surface area contributed by atoms with Crippen LogP contribution in [0.15, 0.2) is 18.3 Å². The molecule has 3 rings (SSSR count). The Morgan fingerprint density at radius 3 is 2.68 bits per heavy atom. The van der Waals surface area contributed by atoms with Crippen molar-refractivity contribution >= 4 is 5.82 Å². The molecule has 0 aliphatic carbocycles. The molecule has 2 aliphatic rings. The number of pyridine rings is 1. The molecule has 2 fully saturated rings. The Morgan fingerprint density at radius 1 is 1.21 bits per heavy atom. The molecule has 1 unspecified atom stereocenters. The minimum atomic E-state index is 0.528. The van der Waals surface area contributed by atoms with E-state index in [1.54, 1.807) is 0 Å². The van der Waals surface area contributed by atoms with Gasteiger partial charge in [0.2, 0.25) is 0 Å². The molecule has 0 bridgehead atoms. The second kappa shape index (κ2) is 4.78. The summed E-state index contributed by atoms with van der Waals surface area (Å²) in [6, 6.07) is 4.30. The maximum Gasteiger partial charge on any atom is 0.131 e. The fourth-order valence-corrected chi connectivity index (χ4v) is 3.73. The van der Waals surface area contributed by atoms with Crippen molar-refractivity contribution in [1.82, 2.24) is 9.88 Å². The molecule has 0 amide bonds. The van der Waals surface area contributed by atoms with Gasteiger partial charge in [0.05, 0.1) is 0 Å². The van der Waals surface area contributed by atoms with Crippen LogP contribution in [0.4, 0.5) is 5.82 Å². The van der Waals surface area contributed by atoms with E-state index in [-0.39, 0.29) is 0 Å². The first-order valence-electron chi connectivity index (χ1n) is 7.48. The van der Waals surface area contributed by atoms with Crippen LogP contribution < -0.4 is 4.90 Å². The molecule has 1 atom stereocenters. The lowest BCUT2D eigenvalue weighted by molar-refractivity contribution is 0.312. The number of likely N-dealkylation sites (tertiary alicyclic amines) is 1. The molecule has 1 spiro atoms. The van der Waals surface area contributed by atoms with Gasteiger partial charge < -0.3 is 9.80 Å². The summed E-state index contributed by atoms with van der Waals surface area (Å²) >= 11 is 0. The molecule has 3 nitrogen and oxygen atoms in total. The third kappa shape index (κ3) is 2.36. The van der Waals surface area contributed by atoms with Crippen LogP contribution in [0.25, 0.3) is 0 Å². The highest BCUT2D eigenvalue weighted by Crippen LogP contribution is 2.41. The Labute approximate surface area is 116 Å². The standard InChI is InChI=1S/C16H25N3/c1-13(2)14-5-4-8-17-15(14)19-10-7-16(12-19)6-9-18(3)11-16/h4-5,8,13H,6-7,9-12H2,1-3H3. The first-order chi connectivity index (χ1) is 9.10. The zero-order chi connectivity index (χ0) is 13.5. The molecule has 0 saturated carbocycles. The van der Waals surface area contributed by atoms with E-state index in [4.69, 9.17) is 0 Å². The fourth-order valence-electron chi connectivity index (χ4n) is 3.73.